The molecule has 0 saturated heterocycles. The number of rotatable bonds is 9. The van der Waals surface area contributed by atoms with Crippen LogP contribution in [0.5, 0.6) is 5.75 Å². The minimum absolute atomic E-state index is 0.437. The quantitative estimate of drug-likeness (QED) is 0.686. The lowest BCUT2D eigenvalue weighted by Crippen LogP contribution is -2.06. The summed E-state index contributed by atoms with van der Waals surface area (Å²) in [7, 11) is 1.66. The minimum Gasteiger partial charge on any atom is -0.494 e. The summed E-state index contributed by atoms with van der Waals surface area (Å²) in [4.78, 5) is 0. The molecule has 1 aromatic carbocycles. The fraction of sp³-hybridized carbons (Fsp3) is 0.571. The Morgan fingerprint density at radius 3 is 2.39 bits per heavy atom. The second kappa shape index (κ2) is 8.91. The second-order valence-corrected chi connectivity index (χ2v) is 4.05. The molecule has 0 saturated carbocycles. The van der Waals surface area contributed by atoms with E-state index < -0.39 is 6.10 Å². The van der Waals surface area contributed by atoms with E-state index in [1.807, 2.05) is 24.3 Å². The van der Waals surface area contributed by atoms with Gasteiger partial charge in [-0.05, 0) is 24.6 Å². The third kappa shape index (κ3) is 6.00. The Balaban J connectivity index is 2.12. The van der Waals surface area contributed by atoms with E-state index in [2.05, 4.69) is 0 Å². The van der Waals surface area contributed by atoms with Gasteiger partial charge in [-0.2, -0.15) is 0 Å². The van der Waals surface area contributed by atoms with Gasteiger partial charge in [-0.3, -0.25) is 0 Å². The molecule has 0 heterocycles. The molecule has 1 rings (SSSR count). The number of aliphatic hydroxyl groups is 1. The summed E-state index contributed by atoms with van der Waals surface area (Å²) < 4.78 is 15.8. The van der Waals surface area contributed by atoms with Crippen molar-refractivity contribution in [1.29, 1.82) is 0 Å². The van der Waals surface area contributed by atoms with Gasteiger partial charge >= 0.3 is 0 Å². The van der Waals surface area contributed by atoms with E-state index in [-0.39, 0.29) is 0 Å². The first-order chi connectivity index (χ1) is 8.74. The predicted octanol–water partition coefficient (Wildman–Crippen LogP) is 2.17. The lowest BCUT2D eigenvalue weighted by atomic mass is 10.1. The highest BCUT2D eigenvalue weighted by molar-refractivity contribution is 5.28. The lowest BCUT2D eigenvalue weighted by Gasteiger charge is -2.08. The molecule has 18 heavy (non-hydrogen) atoms. The molecule has 0 aliphatic carbocycles. The van der Waals surface area contributed by atoms with Gasteiger partial charge in [0, 0.05) is 20.1 Å². The van der Waals surface area contributed by atoms with E-state index in [0.717, 1.165) is 17.7 Å². The average molecular weight is 254 g/mol. The maximum Gasteiger partial charge on any atom is 0.119 e. The normalized spacial score (nSPS) is 12.4. The van der Waals surface area contributed by atoms with Crippen LogP contribution in [0.2, 0.25) is 0 Å². The van der Waals surface area contributed by atoms with Crippen molar-refractivity contribution in [2.24, 2.45) is 0 Å². The summed E-state index contributed by atoms with van der Waals surface area (Å²) in [6, 6.07) is 7.48. The summed E-state index contributed by atoms with van der Waals surface area (Å²) in [6.07, 6.45) is 0.412. The van der Waals surface area contributed by atoms with Crippen molar-refractivity contribution in [3.63, 3.8) is 0 Å². The van der Waals surface area contributed by atoms with E-state index in [9.17, 15) is 5.11 Å². The van der Waals surface area contributed by atoms with Crippen molar-refractivity contribution in [3.8, 4) is 5.75 Å². The third-order valence-electron chi connectivity index (χ3n) is 2.50. The molecule has 0 bridgehead atoms. The highest BCUT2D eigenvalue weighted by atomic mass is 16.5. The third-order valence-corrected chi connectivity index (χ3v) is 2.50. The zero-order valence-electron chi connectivity index (χ0n) is 11.1. The van der Waals surface area contributed by atoms with Crippen LogP contribution in [0.1, 0.15) is 25.0 Å². The summed E-state index contributed by atoms with van der Waals surface area (Å²) in [5.74, 6) is 0.816. The number of benzene rings is 1. The Labute approximate surface area is 108 Å². The number of aliphatic hydroxyl groups excluding tert-OH is 1. The molecule has 1 aromatic rings. The average Bonchev–Trinajstić information content (AvgIpc) is 2.38. The van der Waals surface area contributed by atoms with E-state index >= 15 is 0 Å². The highest BCUT2D eigenvalue weighted by Crippen LogP contribution is 2.17. The first kappa shape index (κ1) is 15.0. The van der Waals surface area contributed by atoms with Crippen molar-refractivity contribution in [2.75, 3.05) is 33.5 Å². The lowest BCUT2D eigenvalue weighted by molar-refractivity contribution is 0.0644. The molecular weight excluding hydrogens is 232 g/mol. The Morgan fingerprint density at radius 1 is 1.06 bits per heavy atom. The summed E-state index contributed by atoms with van der Waals surface area (Å²) in [5, 5.41) is 9.36. The predicted molar refractivity (Wildman–Crippen MR) is 69.9 cm³/mol. The first-order valence-corrected chi connectivity index (χ1v) is 6.21. The number of hydrogen-bond acceptors (Lipinski definition) is 4. The van der Waals surface area contributed by atoms with Gasteiger partial charge in [0.05, 0.1) is 25.9 Å². The number of ether oxygens (including phenoxy) is 3. The second-order valence-electron chi connectivity index (χ2n) is 4.05. The van der Waals surface area contributed by atoms with Gasteiger partial charge in [0.25, 0.3) is 0 Å². The zero-order valence-corrected chi connectivity index (χ0v) is 11.1. The molecule has 4 nitrogen and oxygen atoms in total. The number of hydrogen-bond donors (Lipinski definition) is 1. The van der Waals surface area contributed by atoms with Gasteiger partial charge in [-0.15, -0.1) is 0 Å². The number of methoxy groups -OCH3 is 1. The van der Waals surface area contributed by atoms with Crippen LogP contribution in [0.3, 0.4) is 0 Å². The molecule has 0 aromatic heterocycles. The Morgan fingerprint density at radius 2 is 1.78 bits per heavy atom. The smallest absolute Gasteiger partial charge is 0.119 e. The Bertz CT molecular complexity index is 308. The standard InChI is InChI=1S/C14H22O4/c1-12(15)13-4-6-14(7-5-13)18-9-3-8-17-11-10-16-2/h4-7,12,15H,3,8-11H2,1-2H3. The maximum absolute atomic E-state index is 9.36. The fourth-order valence-corrected chi connectivity index (χ4v) is 1.44. The molecule has 0 aliphatic rings. The van der Waals surface area contributed by atoms with Crippen molar-refractivity contribution in [2.45, 2.75) is 19.4 Å². The summed E-state index contributed by atoms with van der Waals surface area (Å²) in [5.41, 5.74) is 0.894. The van der Waals surface area contributed by atoms with Crippen molar-refractivity contribution < 1.29 is 19.3 Å². The monoisotopic (exact) mass is 254 g/mol. The van der Waals surface area contributed by atoms with Gasteiger partial charge in [0.2, 0.25) is 0 Å². The van der Waals surface area contributed by atoms with E-state index in [1.165, 1.54) is 0 Å². The van der Waals surface area contributed by atoms with E-state index in [0.29, 0.717) is 26.4 Å². The van der Waals surface area contributed by atoms with Crippen molar-refractivity contribution in [3.05, 3.63) is 29.8 Å². The Kier molecular flexibility index (Phi) is 7.41. The SMILES string of the molecule is COCCOCCCOc1ccc(C(C)O)cc1. The first-order valence-electron chi connectivity index (χ1n) is 6.21. The van der Waals surface area contributed by atoms with Crippen LogP contribution in [0.25, 0.3) is 0 Å². The van der Waals surface area contributed by atoms with Crippen molar-refractivity contribution >= 4 is 0 Å². The highest BCUT2D eigenvalue weighted by Gasteiger charge is 2.00. The molecule has 1 N–H and O–H groups in total. The van der Waals surface area contributed by atoms with Crippen LogP contribution in [0.15, 0.2) is 24.3 Å². The van der Waals surface area contributed by atoms with Gasteiger partial charge in [0.1, 0.15) is 5.75 Å². The molecule has 102 valence electrons. The largest absolute Gasteiger partial charge is 0.494 e. The van der Waals surface area contributed by atoms with Crippen LogP contribution >= 0.6 is 0 Å². The molecule has 0 radical (unpaired) electrons. The van der Waals surface area contributed by atoms with Gasteiger partial charge in [-0.25, -0.2) is 0 Å². The zero-order chi connectivity index (χ0) is 13.2. The molecule has 1 atom stereocenters. The van der Waals surface area contributed by atoms with E-state index in [4.69, 9.17) is 14.2 Å². The van der Waals surface area contributed by atoms with Crippen LogP contribution in [0.4, 0.5) is 0 Å². The summed E-state index contributed by atoms with van der Waals surface area (Å²) >= 11 is 0. The molecular formula is C14H22O4. The fourth-order valence-electron chi connectivity index (χ4n) is 1.44. The molecule has 0 amide bonds. The van der Waals surface area contributed by atoms with Crippen LogP contribution in [-0.2, 0) is 9.47 Å². The molecule has 0 aliphatic heterocycles. The summed E-state index contributed by atoms with van der Waals surface area (Å²) in [6.45, 7) is 4.30. The molecule has 4 heteroatoms. The molecule has 0 spiro atoms. The molecule has 0 fully saturated rings. The van der Waals surface area contributed by atoms with Crippen LogP contribution < -0.4 is 4.74 Å². The van der Waals surface area contributed by atoms with Gasteiger partial charge in [-0.1, -0.05) is 12.1 Å². The van der Waals surface area contributed by atoms with Gasteiger partial charge < -0.3 is 19.3 Å². The van der Waals surface area contributed by atoms with E-state index in [1.54, 1.807) is 14.0 Å². The Hall–Kier alpha value is -1.10. The molecule has 1 unspecified atom stereocenters. The topological polar surface area (TPSA) is 47.9 Å². The van der Waals surface area contributed by atoms with Crippen molar-refractivity contribution in [1.82, 2.24) is 0 Å². The van der Waals surface area contributed by atoms with Crippen LogP contribution in [0, 0.1) is 0 Å². The maximum atomic E-state index is 9.36. The van der Waals surface area contributed by atoms with Crippen LogP contribution in [-0.4, -0.2) is 38.6 Å². The minimum atomic E-state index is -0.437. The van der Waals surface area contributed by atoms with Gasteiger partial charge in [0.15, 0.2) is 0 Å².